The first-order chi connectivity index (χ1) is 9.50. The van der Waals surface area contributed by atoms with Crippen molar-refractivity contribution in [3.8, 4) is 0 Å². The molecule has 1 rings (SSSR count). The number of likely N-dealkylation sites (N-methyl/N-ethyl adjacent to an activating group) is 1. The second-order valence-electron chi connectivity index (χ2n) is 6.95. The van der Waals surface area contributed by atoms with E-state index in [9.17, 15) is 14.8 Å². The quantitative estimate of drug-likeness (QED) is 0.727. The fourth-order valence-corrected chi connectivity index (χ4v) is 2.11. The van der Waals surface area contributed by atoms with Gasteiger partial charge in [-0.25, -0.2) is 0 Å². The van der Waals surface area contributed by atoms with Crippen molar-refractivity contribution >= 4 is 18.5 Å². The molecule has 0 saturated heterocycles. The monoisotopic (exact) mass is 291 g/mol. The van der Waals surface area contributed by atoms with Crippen LogP contribution in [0.3, 0.4) is 0 Å². The molecule has 0 saturated carbocycles. The first-order valence-corrected chi connectivity index (χ1v) is 7.30. The lowest BCUT2D eigenvalue weighted by Crippen LogP contribution is -2.41. The van der Waals surface area contributed by atoms with Gasteiger partial charge in [0.15, 0.2) is 0 Å². The molecule has 0 aromatic heterocycles. The minimum Gasteiger partial charge on any atom is -0.423 e. The number of carbonyl (C=O) groups excluding carboxylic acids is 1. The van der Waals surface area contributed by atoms with Crippen molar-refractivity contribution in [1.82, 2.24) is 5.32 Å². The van der Waals surface area contributed by atoms with Crippen LogP contribution in [0.2, 0.25) is 0 Å². The van der Waals surface area contributed by atoms with E-state index in [2.05, 4.69) is 26.1 Å². The zero-order valence-electron chi connectivity index (χ0n) is 13.8. The summed E-state index contributed by atoms with van der Waals surface area (Å²) in [5, 5.41) is 21.8. The van der Waals surface area contributed by atoms with Crippen LogP contribution in [-0.4, -0.2) is 29.6 Å². The standard InChI is InChI=1S/C16H26BNO3/c1-7-18-14(19)16(5,6)12-8-11(15(2,3)4)9-13(10-12)17(20)21/h8-10,20-21H,7H2,1-6H3,(H,18,19). The van der Waals surface area contributed by atoms with Crippen LogP contribution in [0, 0.1) is 0 Å². The maximum Gasteiger partial charge on any atom is 0.488 e. The SMILES string of the molecule is CCNC(=O)C(C)(C)c1cc(B(O)O)cc(C(C)(C)C)c1. The fourth-order valence-electron chi connectivity index (χ4n) is 2.11. The zero-order chi connectivity index (χ0) is 16.4. The summed E-state index contributed by atoms with van der Waals surface area (Å²) >= 11 is 0. The first-order valence-electron chi connectivity index (χ1n) is 7.30. The third-order valence-electron chi connectivity index (χ3n) is 3.75. The van der Waals surface area contributed by atoms with Gasteiger partial charge in [-0.05, 0) is 42.8 Å². The number of hydrogen-bond acceptors (Lipinski definition) is 3. The van der Waals surface area contributed by atoms with E-state index in [1.54, 1.807) is 12.1 Å². The van der Waals surface area contributed by atoms with Crippen LogP contribution >= 0.6 is 0 Å². The Kier molecular flexibility index (Phi) is 5.23. The fraction of sp³-hybridized carbons (Fsp3) is 0.562. The van der Waals surface area contributed by atoms with Crippen molar-refractivity contribution in [2.45, 2.75) is 52.4 Å². The highest BCUT2D eigenvalue weighted by atomic mass is 16.4. The van der Waals surface area contributed by atoms with Crippen molar-refractivity contribution in [3.63, 3.8) is 0 Å². The summed E-state index contributed by atoms with van der Waals surface area (Å²) in [7, 11) is -1.55. The highest BCUT2D eigenvalue weighted by Gasteiger charge is 2.32. The minimum atomic E-state index is -1.55. The Morgan fingerprint density at radius 1 is 1.10 bits per heavy atom. The largest absolute Gasteiger partial charge is 0.488 e. The van der Waals surface area contributed by atoms with Gasteiger partial charge in [0.05, 0.1) is 5.41 Å². The van der Waals surface area contributed by atoms with Crippen molar-refractivity contribution < 1.29 is 14.8 Å². The molecule has 0 bridgehead atoms. The summed E-state index contributed by atoms with van der Waals surface area (Å²) in [6, 6.07) is 5.44. The normalized spacial score (nSPS) is 12.2. The molecule has 21 heavy (non-hydrogen) atoms. The van der Waals surface area contributed by atoms with Crippen molar-refractivity contribution in [3.05, 3.63) is 29.3 Å². The topological polar surface area (TPSA) is 69.6 Å². The molecule has 0 spiro atoms. The van der Waals surface area contributed by atoms with Gasteiger partial charge in [-0.15, -0.1) is 0 Å². The highest BCUT2D eigenvalue weighted by molar-refractivity contribution is 6.58. The Hall–Kier alpha value is -1.33. The lowest BCUT2D eigenvalue weighted by molar-refractivity contribution is -0.125. The Labute approximate surface area is 127 Å². The molecule has 0 aliphatic rings. The number of nitrogens with one attached hydrogen (secondary N) is 1. The predicted octanol–water partition coefficient (Wildman–Crippen LogP) is 1.08. The van der Waals surface area contributed by atoms with Crippen molar-refractivity contribution in [1.29, 1.82) is 0 Å². The Morgan fingerprint density at radius 2 is 1.62 bits per heavy atom. The molecule has 0 atom stereocenters. The van der Waals surface area contributed by atoms with Gasteiger partial charge in [-0.2, -0.15) is 0 Å². The predicted molar refractivity (Wildman–Crippen MR) is 86.7 cm³/mol. The van der Waals surface area contributed by atoms with Crippen LogP contribution < -0.4 is 10.8 Å². The number of amides is 1. The Balaban J connectivity index is 3.41. The van der Waals surface area contributed by atoms with Crippen molar-refractivity contribution in [2.24, 2.45) is 0 Å². The molecule has 5 heteroatoms. The molecule has 116 valence electrons. The molecule has 1 aromatic carbocycles. The van der Waals surface area contributed by atoms with Gasteiger partial charge in [-0.3, -0.25) is 4.79 Å². The van der Waals surface area contributed by atoms with E-state index >= 15 is 0 Å². The third kappa shape index (κ3) is 4.08. The number of rotatable bonds is 4. The second kappa shape index (κ2) is 6.20. The second-order valence-corrected chi connectivity index (χ2v) is 6.95. The molecule has 0 heterocycles. The van der Waals surface area contributed by atoms with Gasteiger partial charge < -0.3 is 15.4 Å². The van der Waals surface area contributed by atoms with E-state index in [4.69, 9.17) is 0 Å². The summed E-state index contributed by atoms with van der Waals surface area (Å²) in [4.78, 5) is 12.3. The molecular weight excluding hydrogens is 265 g/mol. The minimum absolute atomic E-state index is 0.0746. The molecular formula is C16H26BNO3. The van der Waals surface area contributed by atoms with E-state index in [-0.39, 0.29) is 11.3 Å². The highest BCUT2D eigenvalue weighted by Crippen LogP contribution is 2.28. The van der Waals surface area contributed by atoms with Crippen LogP contribution in [0.15, 0.2) is 18.2 Å². The van der Waals surface area contributed by atoms with Gasteiger partial charge >= 0.3 is 7.12 Å². The van der Waals surface area contributed by atoms with Crippen LogP contribution in [0.25, 0.3) is 0 Å². The summed E-state index contributed by atoms with van der Waals surface area (Å²) in [6.07, 6.45) is 0. The van der Waals surface area contributed by atoms with E-state index in [1.807, 2.05) is 26.8 Å². The smallest absolute Gasteiger partial charge is 0.423 e. The van der Waals surface area contributed by atoms with E-state index in [0.29, 0.717) is 12.0 Å². The van der Waals surface area contributed by atoms with Gasteiger partial charge in [0.1, 0.15) is 0 Å². The molecule has 0 radical (unpaired) electrons. The maximum absolute atomic E-state index is 12.3. The van der Waals surface area contributed by atoms with Gasteiger partial charge in [0, 0.05) is 6.54 Å². The Bertz CT molecular complexity index is 519. The average molecular weight is 291 g/mol. The average Bonchev–Trinajstić information content (AvgIpc) is 2.37. The summed E-state index contributed by atoms with van der Waals surface area (Å²) in [5.41, 5.74) is 1.29. The van der Waals surface area contributed by atoms with E-state index in [1.165, 1.54) is 0 Å². The summed E-state index contributed by atoms with van der Waals surface area (Å²) in [5.74, 6) is -0.0746. The van der Waals surface area contributed by atoms with Crippen LogP contribution in [0.4, 0.5) is 0 Å². The first kappa shape index (κ1) is 17.7. The molecule has 0 unspecified atom stereocenters. The molecule has 4 nitrogen and oxygen atoms in total. The van der Waals surface area contributed by atoms with Crippen LogP contribution in [0.5, 0.6) is 0 Å². The zero-order valence-corrected chi connectivity index (χ0v) is 13.8. The lowest BCUT2D eigenvalue weighted by atomic mass is 9.71. The van der Waals surface area contributed by atoms with E-state index in [0.717, 1.165) is 11.1 Å². The molecule has 0 aliphatic carbocycles. The van der Waals surface area contributed by atoms with Gasteiger partial charge in [-0.1, -0.05) is 39.0 Å². The van der Waals surface area contributed by atoms with Crippen molar-refractivity contribution in [2.75, 3.05) is 6.54 Å². The van der Waals surface area contributed by atoms with E-state index < -0.39 is 12.5 Å². The van der Waals surface area contributed by atoms with Crippen LogP contribution in [0.1, 0.15) is 52.7 Å². The molecule has 0 aliphatic heterocycles. The number of hydrogen-bond donors (Lipinski definition) is 3. The molecule has 3 N–H and O–H groups in total. The number of carbonyl (C=O) groups is 1. The van der Waals surface area contributed by atoms with Crippen LogP contribution in [-0.2, 0) is 15.6 Å². The third-order valence-corrected chi connectivity index (χ3v) is 3.75. The maximum atomic E-state index is 12.3. The molecule has 1 aromatic rings. The Morgan fingerprint density at radius 3 is 2.05 bits per heavy atom. The molecule has 1 amide bonds. The summed E-state index contributed by atoms with van der Waals surface area (Å²) in [6.45, 7) is 12.3. The molecule has 0 fully saturated rings. The van der Waals surface area contributed by atoms with Gasteiger partial charge in [0.25, 0.3) is 0 Å². The van der Waals surface area contributed by atoms with Gasteiger partial charge in [0.2, 0.25) is 5.91 Å². The number of benzene rings is 1. The lowest BCUT2D eigenvalue weighted by Gasteiger charge is -2.28. The summed E-state index contributed by atoms with van der Waals surface area (Å²) < 4.78 is 0.